The van der Waals surface area contributed by atoms with E-state index < -0.39 is 0 Å². The first-order valence-corrected chi connectivity index (χ1v) is 6.49. The molecule has 1 aliphatic rings. The van der Waals surface area contributed by atoms with Crippen molar-refractivity contribution < 1.29 is 14.3 Å². The Bertz CT molecular complexity index is 468. The summed E-state index contributed by atoms with van der Waals surface area (Å²) in [6.07, 6.45) is 0.851. The van der Waals surface area contributed by atoms with Crippen molar-refractivity contribution in [1.29, 1.82) is 0 Å². The molecular weight excluding hydrogens is 244 g/mol. The lowest BCUT2D eigenvalue weighted by atomic mass is 10.1. The SMILES string of the molecule is CCOC(=O)c1cccc(NC(=O)C2CCNC2)c1. The first-order valence-electron chi connectivity index (χ1n) is 6.49. The van der Waals surface area contributed by atoms with Gasteiger partial charge in [0.1, 0.15) is 0 Å². The lowest BCUT2D eigenvalue weighted by Crippen LogP contribution is -2.24. The highest BCUT2D eigenvalue weighted by molar-refractivity contribution is 5.95. The van der Waals surface area contributed by atoms with Crippen LogP contribution in [0.25, 0.3) is 0 Å². The van der Waals surface area contributed by atoms with E-state index in [9.17, 15) is 9.59 Å². The Balaban J connectivity index is 2.02. The summed E-state index contributed by atoms with van der Waals surface area (Å²) < 4.78 is 4.93. The fraction of sp³-hybridized carbons (Fsp3) is 0.429. The van der Waals surface area contributed by atoms with Gasteiger partial charge < -0.3 is 15.4 Å². The summed E-state index contributed by atoms with van der Waals surface area (Å²) in [6, 6.07) is 6.81. The van der Waals surface area contributed by atoms with Crippen molar-refractivity contribution in [1.82, 2.24) is 5.32 Å². The van der Waals surface area contributed by atoms with Crippen molar-refractivity contribution >= 4 is 17.6 Å². The molecule has 5 heteroatoms. The van der Waals surface area contributed by atoms with Crippen LogP contribution in [0.5, 0.6) is 0 Å². The highest BCUT2D eigenvalue weighted by Gasteiger charge is 2.22. The van der Waals surface area contributed by atoms with E-state index in [0.29, 0.717) is 24.4 Å². The number of hydrogen-bond acceptors (Lipinski definition) is 4. The number of carbonyl (C=O) groups is 2. The second-order valence-corrected chi connectivity index (χ2v) is 4.48. The molecule has 1 fully saturated rings. The summed E-state index contributed by atoms with van der Waals surface area (Å²) >= 11 is 0. The van der Waals surface area contributed by atoms with Gasteiger partial charge in [-0.2, -0.15) is 0 Å². The maximum Gasteiger partial charge on any atom is 0.338 e. The third-order valence-electron chi connectivity index (χ3n) is 3.07. The zero-order chi connectivity index (χ0) is 13.7. The van der Waals surface area contributed by atoms with Crippen molar-refractivity contribution in [3.05, 3.63) is 29.8 Å². The van der Waals surface area contributed by atoms with Crippen LogP contribution in [0.4, 0.5) is 5.69 Å². The number of ether oxygens (including phenoxy) is 1. The molecule has 19 heavy (non-hydrogen) atoms. The van der Waals surface area contributed by atoms with Crippen molar-refractivity contribution in [3.8, 4) is 0 Å². The van der Waals surface area contributed by atoms with E-state index in [0.717, 1.165) is 13.0 Å². The first-order chi connectivity index (χ1) is 9.20. The fourth-order valence-electron chi connectivity index (χ4n) is 2.06. The normalized spacial score (nSPS) is 18.1. The number of nitrogens with one attached hydrogen (secondary N) is 2. The number of rotatable bonds is 4. The third-order valence-corrected chi connectivity index (χ3v) is 3.07. The Morgan fingerprint density at radius 1 is 1.47 bits per heavy atom. The average molecular weight is 262 g/mol. The largest absolute Gasteiger partial charge is 0.462 e. The van der Waals surface area contributed by atoms with Gasteiger partial charge in [-0.05, 0) is 38.1 Å². The minimum atomic E-state index is -0.374. The predicted molar refractivity (Wildman–Crippen MR) is 72.0 cm³/mol. The maximum atomic E-state index is 12.0. The molecule has 1 aromatic rings. The van der Waals surface area contributed by atoms with E-state index in [1.807, 2.05) is 0 Å². The average Bonchev–Trinajstić information content (AvgIpc) is 2.93. The summed E-state index contributed by atoms with van der Waals surface area (Å²) in [5.74, 6) is -0.376. The molecule has 1 saturated heterocycles. The van der Waals surface area contributed by atoms with Gasteiger partial charge in [0.15, 0.2) is 0 Å². The van der Waals surface area contributed by atoms with Gasteiger partial charge in [-0.3, -0.25) is 4.79 Å². The van der Waals surface area contributed by atoms with Crippen LogP contribution in [0.1, 0.15) is 23.7 Å². The Labute approximate surface area is 112 Å². The molecule has 5 nitrogen and oxygen atoms in total. The fourth-order valence-corrected chi connectivity index (χ4v) is 2.06. The Morgan fingerprint density at radius 3 is 3.00 bits per heavy atom. The van der Waals surface area contributed by atoms with Gasteiger partial charge in [0.05, 0.1) is 18.1 Å². The molecule has 1 unspecified atom stereocenters. The van der Waals surface area contributed by atoms with Crippen molar-refractivity contribution in [2.75, 3.05) is 25.0 Å². The minimum absolute atomic E-state index is 0.00579. The molecule has 0 spiro atoms. The second-order valence-electron chi connectivity index (χ2n) is 4.48. The molecular formula is C14H18N2O3. The van der Waals surface area contributed by atoms with Gasteiger partial charge in [-0.25, -0.2) is 4.79 Å². The molecule has 1 heterocycles. The maximum absolute atomic E-state index is 12.0. The second kappa shape index (κ2) is 6.33. The highest BCUT2D eigenvalue weighted by Crippen LogP contribution is 2.15. The zero-order valence-corrected chi connectivity index (χ0v) is 10.9. The van der Waals surface area contributed by atoms with Crippen LogP contribution >= 0.6 is 0 Å². The first kappa shape index (κ1) is 13.5. The molecule has 1 amide bonds. The predicted octanol–water partition coefficient (Wildman–Crippen LogP) is 1.41. The van der Waals surface area contributed by atoms with Gasteiger partial charge in [0, 0.05) is 12.2 Å². The van der Waals surface area contributed by atoms with Crippen LogP contribution in [0.2, 0.25) is 0 Å². The molecule has 1 atom stereocenters. The number of amides is 1. The Morgan fingerprint density at radius 2 is 2.32 bits per heavy atom. The number of esters is 1. The number of hydrogen-bond donors (Lipinski definition) is 2. The van der Waals surface area contributed by atoms with Gasteiger partial charge in [-0.15, -0.1) is 0 Å². The molecule has 1 aliphatic heterocycles. The third kappa shape index (κ3) is 3.54. The molecule has 2 N–H and O–H groups in total. The van der Waals surface area contributed by atoms with E-state index in [4.69, 9.17) is 4.74 Å². The van der Waals surface area contributed by atoms with E-state index >= 15 is 0 Å². The molecule has 0 saturated carbocycles. The molecule has 2 rings (SSSR count). The summed E-state index contributed by atoms with van der Waals surface area (Å²) in [5.41, 5.74) is 1.08. The summed E-state index contributed by atoms with van der Waals surface area (Å²) in [4.78, 5) is 23.5. The van der Waals surface area contributed by atoms with Gasteiger partial charge >= 0.3 is 5.97 Å². The Kier molecular flexibility index (Phi) is 4.52. The lowest BCUT2D eigenvalue weighted by molar-refractivity contribution is -0.119. The molecule has 102 valence electrons. The van der Waals surface area contributed by atoms with Crippen LogP contribution in [0.3, 0.4) is 0 Å². The summed E-state index contributed by atoms with van der Waals surface area (Å²) in [6.45, 7) is 3.68. The molecule has 0 bridgehead atoms. The number of benzene rings is 1. The zero-order valence-electron chi connectivity index (χ0n) is 10.9. The van der Waals surface area contributed by atoms with Gasteiger partial charge in [0.25, 0.3) is 0 Å². The highest BCUT2D eigenvalue weighted by atomic mass is 16.5. The quantitative estimate of drug-likeness (QED) is 0.805. The number of anilines is 1. The smallest absolute Gasteiger partial charge is 0.338 e. The molecule has 0 aliphatic carbocycles. The molecule has 0 radical (unpaired) electrons. The van der Waals surface area contributed by atoms with Gasteiger partial charge in [0.2, 0.25) is 5.91 Å². The van der Waals surface area contributed by atoms with Crippen LogP contribution in [0, 0.1) is 5.92 Å². The van der Waals surface area contributed by atoms with E-state index in [2.05, 4.69) is 10.6 Å². The van der Waals surface area contributed by atoms with Crippen LogP contribution < -0.4 is 10.6 Å². The standard InChI is InChI=1S/C14H18N2O3/c1-2-19-14(18)10-4-3-5-12(8-10)16-13(17)11-6-7-15-9-11/h3-5,8,11,15H,2,6-7,9H2,1H3,(H,16,17). The van der Waals surface area contributed by atoms with Crippen molar-refractivity contribution in [2.45, 2.75) is 13.3 Å². The monoisotopic (exact) mass is 262 g/mol. The summed E-state index contributed by atoms with van der Waals surface area (Å²) in [5, 5.41) is 5.98. The van der Waals surface area contributed by atoms with Crippen LogP contribution in [0.15, 0.2) is 24.3 Å². The van der Waals surface area contributed by atoms with E-state index in [1.54, 1.807) is 31.2 Å². The minimum Gasteiger partial charge on any atom is -0.462 e. The van der Waals surface area contributed by atoms with Crippen LogP contribution in [-0.2, 0) is 9.53 Å². The lowest BCUT2D eigenvalue weighted by Gasteiger charge is -2.10. The van der Waals surface area contributed by atoms with Crippen molar-refractivity contribution in [2.24, 2.45) is 5.92 Å². The van der Waals surface area contributed by atoms with E-state index in [1.165, 1.54) is 0 Å². The number of carbonyl (C=O) groups excluding carboxylic acids is 2. The van der Waals surface area contributed by atoms with Crippen LogP contribution in [-0.4, -0.2) is 31.6 Å². The van der Waals surface area contributed by atoms with Crippen molar-refractivity contribution in [3.63, 3.8) is 0 Å². The van der Waals surface area contributed by atoms with Gasteiger partial charge in [-0.1, -0.05) is 6.07 Å². The van der Waals surface area contributed by atoms with E-state index in [-0.39, 0.29) is 17.8 Å². The Hall–Kier alpha value is -1.88. The molecule has 0 aromatic heterocycles. The molecule has 1 aromatic carbocycles. The summed E-state index contributed by atoms with van der Waals surface area (Å²) in [7, 11) is 0. The topological polar surface area (TPSA) is 67.4 Å².